The predicted octanol–water partition coefficient (Wildman–Crippen LogP) is 3.93. The normalized spacial score (nSPS) is 19.0. The average molecular weight is 651 g/mol. The highest BCUT2D eigenvalue weighted by Crippen LogP contribution is 2.35. The summed E-state index contributed by atoms with van der Waals surface area (Å²) in [6.07, 6.45) is 8.93. The van der Waals surface area contributed by atoms with Crippen molar-refractivity contribution in [3.8, 4) is 0 Å². The van der Waals surface area contributed by atoms with E-state index >= 15 is 0 Å². The average Bonchev–Trinajstić information content (AvgIpc) is 3.75. The van der Waals surface area contributed by atoms with Crippen molar-refractivity contribution in [2.75, 3.05) is 55.8 Å². The van der Waals surface area contributed by atoms with Crippen LogP contribution in [0.2, 0.25) is 0 Å². The second-order valence-corrected chi connectivity index (χ2v) is 13.1. The third kappa shape index (κ3) is 6.82. The van der Waals surface area contributed by atoms with Gasteiger partial charge < -0.3 is 25.0 Å². The lowest BCUT2D eigenvalue weighted by molar-refractivity contribution is -0.133. The Bertz CT molecular complexity index is 1790. The molecule has 1 atom stereocenters. The molecule has 1 aromatic carbocycles. The highest BCUT2D eigenvalue weighted by atomic mass is 16.2. The smallest absolute Gasteiger partial charge is 0.270 e. The van der Waals surface area contributed by atoms with Gasteiger partial charge in [0.1, 0.15) is 23.2 Å². The zero-order chi connectivity index (χ0) is 33.2. The Morgan fingerprint density at radius 3 is 2.42 bits per heavy atom. The van der Waals surface area contributed by atoms with Crippen LogP contribution in [0.3, 0.4) is 0 Å². The molecule has 0 bridgehead atoms. The standard InChI is InChI=1S/C35H42N10O3/c1-42(2)34(48)29-19-24-20-37-35(41-32(24)45(29)26-5-3-4-6-26)39-30-13-11-27(21-36-30)44-17-15-43(16-18-44)22-23-7-9-25(10-8-23)38-28-12-14-31(46)40-33(28)47/h7-11,13,19-21,26,28,38H,3-6,12,14-18,22H2,1-2H3,(H,40,46,47)(H,36,37,39,41). The lowest BCUT2D eigenvalue weighted by Gasteiger charge is -2.36. The summed E-state index contributed by atoms with van der Waals surface area (Å²) >= 11 is 0. The van der Waals surface area contributed by atoms with Gasteiger partial charge in [0.2, 0.25) is 17.8 Å². The molecule has 3 aromatic heterocycles. The molecule has 3 N–H and O–H groups in total. The summed E-state index contributed by atoms with van der Waals surface area (Å²) in [4.78, 5) is 56.9. The van der Waals surface area contributed by atoms with Crippen LogP contribution in [0.15, 0.2) is 54.9 Å². The van der Waals surface area contributed by atoms with E-state index in [1.807, 2.05) is 30.5 Å². The number of benzene rings is 1. The van der Waals surface area contributed by atoms with Crippen molar-refractivity contribution >= 4 is 51.9 Å². The van der Waals surface area contributed by atoms with Gasteiger partial charge in [-0.25, -0.2) is 9.97 Å². The predicted molar refractivity (Wildman–Crippen MR) is 184 cm³/mol. The number of imide groups is 1. The maximum atomic E-state index is 13.0. The molecule has 0 spiro atoms. The number of fused-ring (bicyclic) bond motifs is 1. The van der Waals surface area contributed by atoms with Gasteiger partial charge >= 0.3 is 0 Å². The molecule has 13 heteroatoms. The minimum atomic E-state index is -0.382. The second kappa shape index (κ2) is 13.6. The van der Waals surface area contributed by atoms with Crippen molar-refractivity contribution in [3.63, 3.8) is 0 Å². The van der Waals surface area contributed by atoms with E-state index in [1.165, 1.54) is 5.56 Å². The molecule has 1 saturated carbocycles. The summed E-state index contributed by atoms with van der Waals surface area (Å²) in [5.41, 5.74) is 4.60. The van der Waals surface area contributed by atoms with E-state index in [1.54, 1.807) is 25.2 Å². The number of rotatable bonds is 9. The van der Waals surface area contributed by atoms with Gasteiger partial charge in [0.15, 0.2) is 0 Å². The Labute approximate surface area is 279 Å². The number of amides is 3. The van der Waals surface area contributed by atoms with Crippen molar-refractivity contribution in [1.82, 2.24) is 34.6 Å². The van der Waals surface area contributed by atoms with Crippen LogP contribution in [0.1, 0.15) is 60.6 Å². The van der Waals surface area contributed by atoms with Crippen molar-refractivity contribution < 1.29 is 14.4 Å². The lowest BCUT2D eigenvalue weighted by atomic mass is 10.1. The quantitative estimate of drug-likeness (QED) is 0.228. The molecule has 2 aliphatic heterocycles. The van der Waals surface area contributed by atoms with Gasteiger partial charge in [0, 0.05) is 76.6 Å². The van der Waals surface area contributed by atoms with Gasteiger partial charge in [0.25, 0.3) is 5.91 Å². The van der Waals surface area contributed by atoms with Gasteiger partial charge in [0.05, 0.1) is 11.9 Å². The molecule has 250 valence electrons. The number of pyridine rings is 1. The van der Waals surface area contributed by atoms with Crippen LogP contribution in [0.5, 0.6) is 0 Å². The maximum Gasteiger partial charge on any atom is 0.270 e. The van der Waals surface area contributed by atoms with E-state index in [0.717, 1.165) is 80.8 Å². The molecule has 1 aliphatic carbocycles. The summed E-state index contributed by atoms with van der Waals surface area (Å²) in [5.74, 6) is 0.620. The molecule has 13 nitrogen and oxygen atoms in total. The minimum Gasteiger partial charge on any atom is -0.374 e. The number of hydrogen-bond acceptors (Lipinski definition) is 10. The topological polar surface area (TPSA) is 141 Å². The van der Waals surface area contributed by atoms with Crippen molar-refractivity contribution in [1.29, 1.82) is 0 Å². The molecular formula is C35H42N10O3. The highest BCUT2D eigenvalue weighted by molar-refractivity contribution is 6.01. The number of aromatic nitrogens is 4. The Morgan fingerprint density at radius 2 is 1.73 bits per heavy atom. The first-order valence-electron chi connectivity index (χ1n) is 16.8. The molecule has 3 fully saturated rings. The fraction of sp³-hybridized carbons (Fsp3) is 0.429. The lowest BCUT2D eigenvalue weighted by Crippen LogP contribution is -2.47. The van der Waals surface area contributed by atoms with Crippen LogP contribution in [-0.4, -0.2) is 93.4 Å². The molecule has 4 aromatic rings. The number of anilines is 4. The fourth-order valence-electron chi connectivity index (χ4n) is 6.92. The van der Waals surface area contributed by atoms with E-state index in [2.05, 4.69) is 58.5 Å². The van der Waals surface area contributed by atoms with Gasteiger partial charge in [-0.05, 0) is 55.2 Å². The van der Waals surface area contributed by atoms with Crippen LogP contribution in [0.4, 0.5) is 23.1 Å². The van der Waals surface area contributed by atoms with E-state index in [9.17, 15) is 14.4 Å². The number of nitrogens with one attached hydrogen (secondary N) is 3. The summed E-state index contributed by atoms with van der Waals surface area (Å²) in [6, 6.07) is 14.0. The zero-order valence-electron chi connectivity index (χ0n) is 27.5. The summed E-state index contributed by atoms with van der Waals surface area (Å²) in [5, 5.41) is 9.75. The number of carbonyl (C=O) groups excluding carboxylic acids is 3. The first-order valence-corrected chi connectivity index (χ1v) is 16.8. The van der Waals surface area contributed by atoms with Gasteiger partial charge in [-0.3, -0.25) is 24.6 Å². The Morgan fingerprint density at radius 1 is 0.958 bits per heavy atom. The van der Waals surface area contributed by atoms with Crippen LogP contribution < -0.4 is 20.9 Å². The number of carbonyl (C=O) groups is 3. The van der Waals surface area contributed by atoms with Crippen LogP contribution in [-0.2, 0) is 16.1 Å². The van der Waals surface area contributed by atoms with Crippen molar-refractivity contribution in [2.24, 2.45) is 0 Å². The van der Waals surface area contributed by atoms with Crippen molar-refractivity contribution in [2.45, 2.75) is 57.2 Å². The SMILES string of the molecule is CN(C)C(=O)c1cc2cnc(Nc3ccc(N4CCN(Cc5ccc(NC6CCC(=O)NC6=O)cc5)CC4)cn3)nc2n1C1CCCC1. The molecule has 3 aliphatic rings. The zero-order valence-corrected chi connectivity index (χ0v) is 27.5. The fourth-order valence-corrected chi connectivity index (χ4v) is 6.92. The molecule has 48 heavy (non-hydrogen) atoms. The second-order valence-electron chi connectivity index (χ2n) is 13.1. The number of hydrogen-bond donors (Lipinski definition) is 3. The first kappa shape index (κ1) is 31.6. The van der Waals surface area contributed by atoms with E-state index in [4.69, 9.17) is 4.98 Å². The van der Waals surface area contributed by atoms with Crippen LogP contribution in [0, 0.1) is 0 Å². The van der Waals surface area contributed by atoms with Gasteiger partial charge in [-0.1, -0.05) is 25.0 Å². The Kier molecular flexibility index (Phi) is 8.94. The van der Waals surface area contributed by atoms with Gasteiger partial charge in [-0.2, -0.15) is 4.98 Å². The van der Waals surface area contributed by atoms with Crippen molar-refractivity contribution in [3.05, 3.63) is 66.1 Å². The van der Waals surface area contributed by atoms with E-state index in [0.29, 0.717) is 30.3 Å². The number of piperidine rings is 1. The molecule has 1 unspecified atom stereocenters. The maximum absolute atomic E-state index is 13.0. The third-order valence-corrected chi connectivity index (χ3v) is 9.56. The van der Waals surface area contributed by atoms with E-state index < -0.39 is 0 Å². The number of piperazine rings is 1. The number of nitrogens with zero attached hydrogens (tertiary/aromatic N) is 7. The highest BCUT2D eigenvalue weighted by Gasteiger charge is 2.28. The molecule has 0 radical (unpaired) electrons. The summed E-state index contributed by atoms with van der Waals surface area (Å²) in [6.45, 7) is 4.52. The van der Waals surface area contributed by atoms with Gasteiger partial charge in [-0.15, -0.1) is 0 Å². The molecule has 7 rings (SSSR count). The minimum absolute atomic E-state index is 0.0252. The van der Waals surface area contributed by atoms with Crippen LogP contribution in [0.25, 0.3) is 11.0 Å². The van der Waals surface area contributed by atoms with E-state index in [-0.39, 0.29) is 29.8 Å². The first-order chi connectivity index (χ1) is 23.3. The largest absolute Gasteiger partial charge is 0.374 e. The monoisotopic (exact) mass is 650 g/mol. The van der Waals surface area contributed by atoms with Crippen LogP contribution >= 0.6 is 0 Å². The summed E-state index contributed by atoms with van der Waals surface area (Å²) in [7, 11) is 3.56. The third-order valence-electron chi connectivity index (χ3n) is 9.56. The molecular weight excluding hydrogens is 608 g/mol. The Balaban J connectivity index is 0.939. The molecule has 5 heterocycles. The molecule has 3 amide bonds. The summed E-state index contributed by atoms with van der Waals surface area (Å²) < 4.78 is 2.12. The molecule has 2 saturated heterocycles. The Hall–Kier alpha value is -5.04.